The van der Waals surface area contributed by atoms with Gasteiger partial charge in [-0.15, -0.1) is 4.83 Å². The third kappa shape index (κ3) is 4.81. The van der Waals surface area contributed by atoms with Crippen LogP contribution in [0.5, 0.6) is 0 Å². The molecular weight excluding hydrogens is 368 g/mol. The molecule has 0 aliphatic rings. The van der Waals surface area contributed by atoms with Crippen molar-refractivity contribution >= 4 is 27.3 Å². The van der Waals surface area contributed by atoms with Crippen LogP contribution in [0.3, 0.4) is 0 Å². The van der Waals surface area contributed by atoms with E-state index in [1.807, 2.05) is 10.3 Å². The fourth-order valence-electron chi connectivity index (χ4n) is 1.90. The molecule has 0 aliphatic carbocycles. The summed E-state index contributed by atoms with van der Waals surface area (Å²) >= 11 is 0. The number of amides is 1. The molecule has 26 heavy (non-hydrogen) atoms. The summed E-state index contributed by atoms with van der Waals surface area (Å²) in [6.45, 7) is 0. The molecule has 2 N–H and O–H groups in total. The topological polar surface area (TPSA) is 162 Å². The van der Waals surface area contributed by atoms with Gasteiger partial charge < -0.3 is 0 Å². The highest BCUT2D eigenvalue weighted by atomic mass is 32.2. The zero-order chi connectivity index (χ0) is 19.3. The molecule has 0 radical (unpaired) electrons. The van der Waals surface area contributed by atoms with Crippen molar-refractivity contribution in [1.82, 2.24) is 10.3 Å². The molecule has 136 valence electrons. The summed E-state index contributed by atoms with van der Waals surface area (Å²) in [7, 11) is -4.10. The predicted octanol–water partition coefficient (Wildman–Crippen LogP) is 1.06. The second kappa shape index (κ2) is 7.67. The van der Waals surface area contributed by atoms with E-state index >= 15 is 0 Å². The number of benzene rings is 2. The number of rotatable bonds is 7. The van der Waals surface area contributed by atoms with Crippen molar-refractivity contribution in [3.63, 3.8) is 0 Å². The summed E-state index contributed by atoms with van der Waals surface area (Å²) in [5, 5.41) is 21.1. The molecule has 0 atom stereocenters. The first-order valence-corrected chi connectivity index (χ1v) is 8.46. The van der Waals surface area contributed by atoms with Crippen molar-refractivity contribution in [3.8, 4) is 0 Å². The second-order valence-corrected chi connectivity index (χ2v) is 6.69. The fourth-order valence-corrected chi connectivity index (χ4v) is 2.76. The Kier molecular flexibility index (Phi) is 5.59. The monoisotopic (exact) mass is 380 g/mol. The molecule has 1 amide bonds. The van der Waals surface area contributed by atoms with E-state index in [1.54, 1.807) is 0 Å². The third-order valence-corrected chi connectivity index (χ3v) is 4.46. The molecule has 2 aromatic rings. The van der Waals surface area contributed by atoms with Gasteiger partial charge in [0.15, 0.2) is 0 Å². The van der Waals surface area contributed by atoms with Gasteiger partial charge in [0.25, 0.3) is 21.4 Å². The highest BCUT2D eigenvalue weighted by molar-refractivity contribution is 7.89. The van der Waals surface area contributed by atoms with Crippen molar-refractivity contribution in [2.45, 2.75) is 11.3 Å². The molecule has 0 heterocycles. The predicted molar refractivity (Wildman–Crippen MR) is 88.4 cm³/mol. The third-order valence-electron chi connectivity index (χ3n) is 3.19. The minimum absolute atomic E-state index is 0.131. The average Bonchev–Trinajstić information content (AvgIpc) is 2.60. The van der Waals surface area contributed by atoms with Crippen LogP contribution < -0.4 is 10.3 Å². The fraction of sp³-hybridized carbons (Fsp3) is 0.0714. The molecule has 0 unspecified atom stereocenters. The Morgan fingerprint density at radius 3 is 1.81 bits per heavy atom. The summed E-state index contributed by atoms with van der Waals surface area (Å²) in [4.78, 5) is 33.3. The Labute approximate surface area is 147 Å². The molecule has 2 rings (SSSR count). The maximum Gasteiger partial charge on any atom is 0.269 e. The summed E-state index contributed by atoms with van der Waals surface area (Å²) in [6.07, 6.45) is -0.208. The lowest BCUT2D eigenvalue weighted by Gasteiger charge is -2.08. The average molecular weight is 380 g/mol. The lowest BCUT2D eigenvalue weighted by molar-refractivity contribution is -0.385. The van der Waals surface area contributed by atoms with E-state index in [0.717, 1.165) is 24.3 Å². The van der Waals surface area contributed by atoms with Crippen molar-refractivity contribution in [1.29, 1.82) is 0 Å². The van der Waals surface area contributed by atoms with Gasteiger partial charge >= 0.3 is 0 Å². The zero-order valence-corrected chi connectivity index (χ0v) is 13.8. The summed E-state index contributed by atoms with van der Waals surface area (Å²) in [5.74, 6) is -0.690. The number of nitrogens with zero attached hydrogens (tertiary/aromatic N) is 2. The van der Waals surface area contributed by atoms with E-state index in [2.05, 4.69) is 0 Å². The first kappa shape index (κ1) is 19.0. The quantitative estimate of drug-likeness (QED) is 0.536. The normalized spacial score (nSPS) is 10.9. The van der Waals surface area contributed by atoms with Crippen LogP contribution in [-0.2, 0) is 21.2 Å². The van der Waals surface area contributed by atoms with Crippen LogP contribution >= 0.6 is 0 Å². The van der Waals surface area contributed by atoms with Crippen molar-refractivity contribution in [3.05, 3.63) is 74.3 Å². The minimum Gasteiger partial charge on any atom is -0.277 e. The Bertz CT molecular complexity index is 940. The molecule has 0 bridgehead atoms. The Hall–Kier alpha value is -3.38. The SMILES string of the molecule is O=C(Cc1ccc([N+](=O)[O-])cc1)NNS(=O)(=O)c1ccc([N+](=O)[O-])cc1. The van der Waals surface area contributed by atoms with Gasteiger partial charge in [-0.1, -0.05) is 12.1 Å². The maximum absolute atomic E-state index is 12.0. The number of carbonyl (C=O) groups excluding carboxylic acids is 1. The van der Waals surface area contributed by atoms with Crippen LogP contribution in [-0.4, -0.2) is 24.2 Å². The maximum atomic E-state index is 12.0. The van der Waals surface area contributed by atoms with Gasteiger partial charge in [0, 0.05) is 24.3 Å². The first-order chi connectivity index (χ1) is 12.2. The van der Waals surface area contributed by atoms with Gasteiger partial charge in [-0.25, -0.2) is 8.42 Å². The number of non-ortho nitro benzene ring substituents is 2. The Balaban J connectivity index is 1.96. The smallest absolute Gasteiger partial charge is 0.269 e. The number of nitro benzene ring substituents is 2. The van der Waals surface area contributed by atoms with E-state index in [1.165, 1.54) is 24.3 Å². The molecule has 0 fully saturated rings. The number of hydrogen-bond donors (Lipinski definition) is 2. The van der Waals surface area contributed by atoms with Crippen molar-refractivity contribution in [2.75, 3.05) is 0 Å². The van der Waals surface area contributed by atoms with Gasteiger partial charge in [-0.2, -0.15) is 0 Å². The molecule has 2 aromatic carbocycles. The van der Waals surface area contributed by atoms with Crippen molar-refractivity contribution in [2.24, 2.45) is 0 Å². The minimum atomic E-state index is -4.10. The highest BCUT2D eigenvalue weighted by Crippen LogP contribution is 2.15. The van der Waals surface area contributed by atoms with Gasteiger partial charge in [0.1, 0.15) is 0 Å². The molecule has 11 nitrogen and oxygen atoms in total. The number of hydrazine groups is 1. The van der Waals surface area contributed by atoms with Crippen LogP contribution in [0.1, 0.15) is 5.56 Å². The molecule has 0 spiro atoms. The molecular formula is C14H12N4O7S. The Morgan fingerprint density at radius 1 is 0.885 bits per heavy atom. The molecule has 0 aliphatic heterocycles. The number of carbonyl (C=O) groups is 1. The van der Waals surface area contributed by atoms with Crippen LogP contribution in [0.4, 0.5) is 11.4 Å². The largest absolute Gasteiger partial charge is 0.277 e. The van der Waals surface area contributed by atoms with E-state index in [-0.39, 0.29) is 22.7 Å². The molecule has 12 heteroatoms. The van der Waals surface area contributed by atoms with Crippen molar-refractivity contribution < 1.29 is 23.1 Å². The van der Waals surface area contributed by atoms with Gasteiger partial charge in [-0.3, -0.25) is 30.4 Å². The summed E-state index contributed by atoms with van der Waals surface area (Å²) < 4.78 is 24.0. The van der Waals surface area contributed by atoms with Gasteiger partial charge in [-0.05, 0) is 17.7 Å². The first-order valence-electron chi connectivity index (χ1n) is 6.97. The highest BCUT2D eigenvalue weighted by Gasteiger charge is 2.17. The van der Waals surface area contributed by atoms with Crippen LogP contribution in [0.15, 0.2) is 53.4 Å². The van der Waals surface area contributed by atoms with E-state index in [0.29, 0.717) is 5.56 Å². The number of nitrogens with one attached hydrogen (secondary N) is 2. The van der Waals surface area contributed by atoms with Gasteiger partial charge in [0.2, 0.25) is 5.91 Å². The summed E-state index contributed by atoms with van der Waals surface area (Å²) in [6, 6.07) is 9.31. The van der Waals surface area contributed by atoms with Crippen LogP contribution in [0.2, 0.25) is 0 Å². The number of sulfonamides is 1. The number of hydrogen-bond acceptors (Lipinski definition) is 7. The van der Waals surface area contributed by atoms with Crippen LogP contribution in [0, 0.1) is 20.2 Å². The standard InChI is InChI=1S/C14H12N4O7S/c19-14(9-10-1-3-11(4-2-10)17(20)21)15-16-26(24,25)13-7-5-12(6-8-13)18(22)23/h1-8,16H,9H2,(H,15,19). The zero-order valence-electron chi connectivity index (χ0n) is 13.0. The Morgan fingerprint density at radius 2 is 1.35 bits per heavy atom. The summed E-state index contributed by atoms with van der Waals surface area (Å²) in [5.41, 5.74) is 2.04. The van der Waals surface area contributed by atoms with Gasteiger partial charge in [0.05, 0.1) is 21.2 Å². The van der Waals surface area contributed by atoms with Crippen LogP contribution in [0.25, 0.3) is 0 Å². The molecule has 0 aromatic heterocycles. The van der Waals surface area contributed by atoms with E-state index in [4.69, 9.17) is 0 Å². The molecule has 0 saturated heterocycles. The van der Waals surface area contributed by atoms with E-state index < -0.39 is 25.8 Å². The lowest BCUT2D eigenvalue weighted by atomic mass is 10.1. The second-order valence-electron chi connectivity index (χ2n) is 5.01. The number of nitro groups is 2. The van der Waals surface area contributed by atoms with E-state index in [9.17, 15) is 33.4 Å². The lowest BCUT2D eigenvalue weighted by Crippen LogP contribution is -2.42. The molecule has 0 saturated carbocycles.